The second-order valence-corrected chi connectivity index (χ2v) is 6.83. The SMILES string of the molecule is Cl.c1ccc2c(CN3CCC4CCC(C3)N4)csc2c1. The van der Waals surface area contributed by atoms with Gasteiger partial charge < -0.3 is 5.32 Å². The summed E-state index contributed by atoms with van der Waals surface area (Å²) in [6, 6.07) is 10.3. The molecule has 2 nitrogen and oxygen atoms in total. The van der Waals surface area contributed by atoms with Crippen LogP contribution in [0, 0.1) is 0 Å². The first-order valence-corrected chi connectivity index (χ1v) is 8.20. The number of rotatable bonds is 2. The van der Waals surface area contributed by atoms with Gasteiger partial charge in [0.1, 0.15) is 0 Å². The number of fused-ring (bicyclic) bond motifs is 3. The quantitative estimate of drug-likeness (QED) is 0.911. The van der Waals surface area contributed by atoms with E-state index < -0.39 is 0 Å². The molecule has 2 unspecified atom stereocenters. The van der Waals surface area contributed by atoms with Gasteiger partial charge >= 0.3 is 0 Å². The predicted molar refractivity (Wildman–Crippen MR) is 88.9 cm³/mol. The van der Waals surface area contributed by atoms with Gasteiger partial charge in [0, 0.05) is 36.4 Å². The first-order valence-electron chi connectivity index (χ1n) is 7.32. The molecule has 1 aromatic carbocycles. The minimum Gasteiger partial charge on any atom is -0.310 e. The zero-order valence-electron chi connectivity index (χ0n) is 11.5. The van der Waals surface area contributed by atoms with E-state index in [1.54, 1.807) is 0 Å². The van der Waals surface area contributed by atoms with Crippen LogP contribution in [0.25, 0.3) is 10.1 Å². The summed E-state index contributed by atoms with van der Waals surface area (Å²) in [5.74, 6) is 0. The molecule has 2 saturated heterocycles. The van der Waals surface area contributed by atoms with Gasteiger partial charge in [0.15, 0.2) is 0 Å². The van der Waals surface area contributed by atoms with Crippen LogP contribution in [0.5, 0.6) is 0 Å². The van der Waals surface area contributed by atoms with Crippen LogP contribution in [0.4, 0.5) is 0 Å². The fraction of sp³-hybridized carbons (Fsp3) is 0.500. The lowest BCUT2D eigenvalue weighted by molar-refractivity contribution is 0.252. The number of likely N-dealkylation sites (tertiary alicyclic amines) is 1. The molecule has 3 heterocycles. The summed E-state index contributed by atoms with van der Waals surface area (Å²) in [6.07, 6.45) is 4.07. The van der Waals surface area contributed by atoms with Gasteiger partial charge in [-0.05, 0) is 41.7 Å². The van der Waals surface area contributed by atoms with Crippen molar-refractivity contribution < 1.29 is 0 Å². The van der Waals surface area contributed by atoms with E-state index in [0.29, 0.717) is 0 Å². The van der Waals surface area contributed by atoms with Crippen LogP contribution in [0.3, 0.4) is 0 Å². The molecule has 0 aliphatic carbocycles. The van der Waals surface area contributed by atoms with Crippen molar-refractivity contribution in [2.45, 2.75) is 37.9 Å². The van der Waals surface area contributed by atoms with E-state index in [9.17, 15) is 0 Å². The molecule has 20 heavy (non-hydrogen) atoms. The molecule has 108 valence electrons. The first-order chi connectivity index (χ1) is 9.38. The molecule has 0 saturated carbocycles. The lowest BCUT2D eigenvalue weighted by atomic mass is 10.1. The van der Waals surface area contributed by atoms with Crippen LogP contribution in [0.15, 0.2) is 29.6 Å². The molecule has 2 bridgehead atoms. The van der Waals surface area contributed by atoms with Crippen molar-refractivity contribution in [2.75, 3.05) is 13.1 Å². The Kier molecular flexibility index (Phi) is 4.32. The molecule has 0 spiro atoms. The lowest BCUT2D eigenvalue weighted by Crippen LogP contribution is -2.34. The van der Waals surface area contributed by atoms with E-state index in [4.69, 9.17) is 0 Å². The smallest absolute Gasteiger partial charge is 0.0346 e. The van der Waals surface area contributed by atoms with Crippen molar-refractivity contribution in [3.05, 3.63) is 35.2 Å². The van der Waals surface area contributed by atoms with Crippen molar-refractivity contribution in [2.24, 2.45) is 0 Å². The molecular formula is C16H21ClN2S. The summed E-state index contributed by atoms with van der Waals surface area (Å²) >= 11 is 1.88. The minimum atomic E-state index is 0. The monoisotopic (exact) mass is 308 g/mol. The van der Waals surface area contributed by atoms with Gasteiger partial charge in [0.2, 0.25) is 0 Å². The van der Waals surface area contributed by atoms with E-state index in [2.05, 4.69) is 39.9 Å². The highest BCUT2D eigenvalue weighted by molar-refractivity contribution is 7.17. The van der Waals surface area contributed by atoms with Gasteiger partial charge in [0.05, 0.1) is 0 Å². The Morgan fingerprint density at radius 1 is 1.15 bits per heavy atom. The maximum absolute atomic E-state index is 3.76. The standard InChI is InChI=1S/C16H20N2S.ClH/c1-2-4-16-15(3-1)12(11-19-16)9-18-8-7-13-5-6-14(10-18)17-13;/h1-4,11,13-14,17H,5-10H2;1H. The Bertz CT molecular complexity index is 583. The van der Waals surface area contributed by atoms with E-state index in [0.717, 1.165) is 18.6 Å². The average molecular weight is 309 g/mol. The Labute approximate surface area is 130 Å². The average Bonchev–Trinajstić information content (AvgIpc) is 2.97. The summed E-state index contributed by atoms with van der Waals surface area (Å²) in [5.41, 5.74) is 1.51. The molecule has 2 atom stereocenters. The number of hydrogen-bond acceptors (Lipinski definition) is 3. The predicted octanol–water partition coefficient (Wildman–Crippen LogP) is 3.65. The van der Waals surface area contributed by atoms with Crippen LogP contribution in [-0.2, 0) is 6.54 Å². The number of hydrogen-bond donors (Lipinski definition) is 1. The van der Waals surface area contributed by atoms with Gasteiger partial charge in [-0.25, -0.2) is 0 Å². The zero-order chi connectivity index (χ0) is 12.7. The molecule has 4 rings (SSSR count). The maximum atomic E-state index is 3.76. The van der Waals surface area contributed by atoms with Crippen molar-refractivity contribution >= 4 is 33.8 Å². The third kappa shape index (κ3) is 2.73. The largest absolute Gasteiger partial charge is 0.310 e. The van der Waals surface area contributed by atoms with Gasteiger partial charge in [-0.3, -0.25) is 4.90 Å². The molecule has 4 heteroatoms. The van der Waals surface area contributed by atoms with Gasteiger partial charge in [-0.15, -0.1) is 23.7 Å². The topological polar surface area (TPSA) is 15.3 Å². The molecule has 2 aliphatic heterocycles. The number of halogens is 1. The van der Waals surface area contributed by atoms with Crippen molar-refractivity contribution in [3.63, 3.8) is 0 Å². The van der Waals surface area contributed by atoms with Crippen LogP contribution in [0.2, 0.25) is 0 Å². The normalized spacial score (nSPS) is 26.4. The van der Waals surface area contributed by atoms with Gasteiger partial charge in [-0.1, -0.05) is 18.2 Å². The summed E-state index contributed by atoms with van der Waals surface area (Å²) in [6.45, 7) is 3.59. The molecule has 2 aliphatic rings. The third-order valence-corrected chi connectivity index (χ3v) is 5.57. The number of benzene rings is 1. The third-order valence-electron chi connectivity index (χ3n) is 4.56. The Morgan fingerprint density at radius 2 is 2.00 bits per heavy atom. The van der Waals surface area contributed by atoms with Crippen LogP contribution < -0.4 is 5.32 Å². The summed E-state index contributed by atoms with van der Waals surface area (Å²) in [5, 5.41) is 7.56. The molecule has 2 fully saturated rings. The van der Waals surface area contributed by atoms with Crippen molar-refractivity contribution in [3.8, 4) is 0 Å². The number of thiophene rings is 1. The zero-order valence-corrected chi connectivity index (χ0v) is 13.2. The Morgan fingerprint density at radius 3 is 2.95 bits per heavy atom. The minimum absolute atomic E-state index is 0. The molecule has 0 radical (unpaired) electrons. The molecule has 1 aromatic heterocycles. The van der Waals surface area contributed by atoms with Gasteiger partial charge in [0.25, 0.3) is 0 Å². The second-order valence-electron chi connectivity index (χ2n) is 5.92. The van der Waals surface area contributed by atoms with Crippen molar-refractivity contribution in [1.29, 1.82) is 0 Å². The van der Waals surface area contributed by atoms with E-state index in [1.165, 1.54) is 48.0 Å². The highest BCUT2D eigenvalue weighted by Crippen LogP contribution is 2.28. The maximum Gasteiger partial charge on any atom is 0.0346 e. The first kappa shape index (κ1) is 14.3. The highest BCUT2D eigenvalue weighted by Gasteiger charge is 2.29. The Balaban J connectivity index is 0.00000121. The number of nitrogens with zero attached hydrogens (tertiary/aromatic N) is 1. The number of nitrogens with one attached hydrogen (secondary N) is 1. The Hall–Kier alpha value is -0.610. The highest BCUT2D eigenvalue weighted by atomic mass is 35.5. The van der Waals surface area contributed by atoms with Crippen LogP contribution in [-0.4, -0.2) is 30.1 Å². The fourth-order valence-electron chi connectivity index (χ4n) is 3.56. The van der Waals surface area contributed by atoms with E-state index in [1.807, 2.05) is 11.3 Å². The summed E-state index contributed by atoms with van der Waals surface area (Å²) in [7, 11) is 0. The van der Waals surface area contributed by atoms with E-state index in [-0.39, 0.29) is 12.4 Å². The van der Waals surface area contributed by atoms with Crippen LogP contribution in [0.1, 0.15) is 24.8 Å². The van der Waals surface area contributed by atoms with Crippen LogP contribution >= 0.6 is 23.7 Å². The summed E-state index contributed by atoms with van der Waals surface area (Å²) in [4.78, 5) is 2.64. The van der Waals surface area contributed by atoms with Crippen molar-refractivity contribution in [1.82, 2.24) is 10.2 Å². The van der Waals surface area contributed by atoms with E-state index >= 15 is 0 Å². The lowest BCUT2D eigenvalue weighted by Gasteiger charge is -2.23. The molecule has 2 aromatic rings. The van der Waals surface area contributed by atoms with Gasteiger partial charge in [-0.2, -0.15) is 0 Å². The second kappa shape index (κ2) is 6.02. The molecule has 0 amide bonds. The summed E-state index contributed by atoms with van der Waals surface area (Å²) < 4.78 is 1.42. The molecule has 1 N–H and O–H groups in total. The fourth-order valence-corrected chi connectivity index (χ4v) is 4.51. The molecular weight excluding hydrogens is 288 g/mol.